The third-order valence-corrected chi connectivity index (χ3v) is 5.55. The highest BCUT2D eigenvalue weighted by Gasteiger charge is 2.52. The van der Waals surface area contributed by atoms with Gasteiger partial charge in [-0.15, -0.1) is 16.4 Å². The second-order valence-corrected chi connectivity index (χ2v) is 7.13. The maximum Gasteiger partial charge on any atom is 0.493 e. The molecule has 2 rings (SSSR count). The van der Waals surface area contributed by atoms with Crippen molar-refractivity contribution < 1.29 is 9.31 Å². The largest absolute Gasteiger partial charge is 0.493 e. The lowest BCUT2D eigenvalue weighted by molar-refractivity contribution is 0.00578. The van der Waals surface area contributed by atoms with Gasteiger partial charge >= 0.3 is 7.12 Å². The smallest absolute Gasteiger partial charge is 0.399 e. The van der Waals surface area contributed by atoms with Crippen molar-refractivity contribution in [2.45, 2.75) is 38.9 Å². The van der Waals surface area contributed by atoms with Gasteiger partial charge in [0.2, 0.25) is 0 Å². The molecule has 0 radical (unpaired) electrons. The maximum atomic E-state index is 6.24. The predicted molar refractivity (Wildman–Crippen MR) is 103 cm³/mol. The lowest BCUT2D eigenvalue weighted by Gasteiger charge is -2.32. The highest BCUT2D eigenvalue weighted by atomic mass is 16.7. The van der Waals surface area contributed by atoms with Crippen molar-refractivity contribution in [2.75, 3.05) is 0 Å². The first-order chi connectivity index (χ1) is 8.99. The van der Waals surface area contributed by atoms with Crippen molar-refractivity contribution >= 4 is 79.1 Å². The Balaban J connectivity index is 2.57. The Kier molecular flexibility index (Phi) is 3.80. The van der Waals surface area contributed by atoms with Crippen molar-refractivity contribution in [3.63, 3.8) is 0 Å². The van der Waals surface area contributed by atoms with E-state index in [1.54, 1.807) is 0 Å². The van der Waals surface area contributed by atoms with E-state index in [0.717, 1.165) is 0 Å². The molecule has 0 saturated carbocycles. The molecule has 2 nitrogen and oxygen atoms in total. The lowest BCUT2D eigenvalue weighted by atomic mass is 9.54. The molecule has 1 heterocycles. The van der Waals surface area contributed by atoms with Gasteiger partial charge in [0.1, 0.15) is 39.2 Å². The normalized spacial score (nSPS) is 20.3. The fourth-order valence-corrected chi connectivity index (χ4v) is 2.84. The van der Waals surface area contributed by atoms with Crippen LogP contribution in [0.25, 0.3) is 0 Å². The van der Waals surface area contributed by atoms with E-state index in [-0.39, 0.29) is 18.3 Å². The molecular formula is C12H22B6O2. The molecule has 1 fully saturated rings. The van der Waals surface area contributed by atoms with Crippen LogP contribution >= 0.6 is 0 Å². The molecule has 20 heavy (non-hydrogen) atoms. The molecular weight excluding hydrogens is 241 g/mol. The molecule has 0 atom stereocenters. The van der Waals surface area contributed by atoms with Crippen molar-refractivity contribution in [2.24, 2.45) is 0 Å². The van der Waals surface area contributed by atoms with Gasteiger partial charge in [-0.2, -0.15) is 0 Å². The summed E-state index contributed by atoms with van der Waals surface area (Å²) in [4.78, 5) is 0. The van der Waals surface area contributed by atoms with Gasteiger partial charge < -0.3 is 9.31 Å². The predicted octanol–water partition coefficient (Wildman–Crippen LogP) is -6.72. The minimum absolute atomic E-state index is 0.266. The molecule has 0 N–H and O–H groups in total. The molecule has 0 spiro atoms. The van der Waals surface area contributed by atoms with Gasteiger partial charge in [0, 0.05) is 0 Å². The molecule has 0 aliphatic carbocycles. The van der Waals surface area contributed by atoms with Gasteiger partial charge in [0.05, 0.1) is 11.2 Å². The molecule has 8 heteroatoms. The monoisotopic (exact) mass is 264 g/mol. The van der Waals surface area contributed by atoms with Crippen LogP contribution in [0.4, 0.5) is 0 Å². The minimum Gasteiger partial charge on any atom is -0.399 e. The second-order valence-electron chi connectivity index (χ2n) is 7.13. The summed E-state index contributed by atoms with van der Waals surface area (Å²) in [6.45, 7) is 8.41. The maximum absolute atomic E-state index is 6.24. The van der Waals surface area contributed by atoms with Crippen molar-refractivity contribution in [1.82, 2.24) is 0 Å². The topological polar surface area (TPSA) is 18.5 Å². The molecule has 1 saturated heterocycles. The van der Waals surface area contributed by atoms with E-state index in [0.29, 0.717) is 0 Å². The molecule has 0 amide bonds. The Morgan fingerprint density at radius 1 is 0.650 bits per heavy atom. The first-order valence-electron chi connectivity index (χ1n) is 7.42. The van der Waals surface area contributed by atoms with Gasteiger partial charge in [-0.05, 0) is 33.2 Å². The molecule has 1 aromatic carbocycles. The van der Waals surface area contributed by atoms with E-state index in [9.17, 15) is 0 Å². The molecule has 0 unspecified atom stereocenters. The molecule has 0 bridgehead atoms. The van der Waals surface area contributed by atoms with Crippen LogP contribution in [-0.2, 0) is 9.31 Å². The summed E-state index contributed by atoms with van der Waals surface area (Å²) in [6.07, 6.45) is 0. The Hall–Kier alpha value is -0.470. The van der Waals surface area contributed by atoms with Gasteiger partial charge in [-0.3, -0.25) is 0 Å². The Bertz CT molecular complexity index is 525. The van der Waals surface area contributed by atoms with Gasteiger partial charge in [-0.25, -0.2) is 0 Å². The fraction of sp³-hybridized carbons (Fsp3) is 0.500. The van der Waals surface area contributed by atoms with E-state index in [1.807, 2.05) is 0 Å². The van der Waals surface area contributed by atoms with Crippen molar-refractivity contribution in [1.29, 1.82) is 0 Å². The van der Waals surface area contributed by atoms with Gasteiger partial charge in [0.15, 0.2) is 0 Å². The zero-order valence-electron chi connectivity index (χ0n) is 14.4. The van der Waals surface area contributed by atoms with Gasteiger partial charge in [-0.1, -0.05) is 10.9 Å². The first kappa shape index (κ1) is 15.9. The third kappa shape index (κ3) is 2.21. The number of hydrogen-bond acceptors (Lipinski definition) is 2. The van der Waals surface area contributed by atoms with Crippen LogP contribution in [0.1, 0.15) is 27.7 Å². The average Bonchev–Trinajstić information content (AvgIpc) is 2.53. The molecule has 1 aliphatic heterocycles. The summed E-state index contributed by atoms with van der Waals surface area (Å²) in [5.41, 5.74) is 7.29. The highest BCUT2D eigenvalue weighted by molar-refractivity contribution is 6.79. The second kappa shape index (κ2) is 4.78. The first-order valence-corrected chi connectivity index (χ1v) is 7.42. The quantitative estimate of drug-likeness (QED) is 0.469. The van der Waals surface area contributed by atoms with Crippen LogP contribution in [0.5, 0.6) is 0 Å². The number of rotatable bonds is 1. The van der Waals surface area contributed by atoms with E-state index in [2.05, 4.69) is 66.9 Å². The fourth-order valence-electron chi connectivity index (χ4n) is 2.84. The minimum atomic E-state index is -0.288. The summed E-state index contributed by atoms with van der Waals surface area (Å²) in [5, 5.41) is 0. The third-order valence-electron chi connectivity index (χ3n) is 5.55. The molecule has 0 aromatic heterocycles. The SMILES string of the molecule is Bc1c(B)c(B)c(B2OC(C)(C)C(C)(C)O2)c(B)c1B. The van der Waals surface area contributed by atoms with Crippen LogP contribution in [0, 0.1) is 0 Å². The summed E-state index contributed by atoms with van der Waals surface area (Å²) >= 11 is 0. The lowest BCUT2D eigenvalue weighted by Crippen LogP contribution is -2.67. The van der Waals surface area contributed by atoms with Crippen LogP contribution in [0.15, 0.2) is 0 Å². The summed E-state index contributed by atoms with van der Waals surface area (Å²) in [6, 6.07) is 0. The van der Waals surface area contributed by atoms with E-state index in [4.69, 9.17) is 9.31 Å². The molecule has 100 valence electrons. The van der Waals surface area contributed by atoms with E-state index >= 15 is 0 Å². The van der Waals surface area contributed by atoms with E-state index < -0.39 is 0 Å². The summed E-state index contributed by atoms with van der Waals surface area (Å²) in [7, 11) is 10.7. The van der Waals surface area contributed by atoms with Crippen molar-refractivity contribution in [3.05, 3.63) is 0 Å². The highest BCUT2D eigenvalue weighted by Crippen LogP contribution is 2.36. The van der Waals surface area contributed by atoms with Gasteiger partial charge in [0.25, 0.3) is 0 Å². The summed E-state index contributed by atoms with van der Waals surface area (Å²) in [5.74, 6) is 0. The Morgan fingerprint density at radius 3 is 1.30 bits per heavy atom. The molecule has 1 aromatic rings. The van der Waals surface area contributed by atoms with Crippen LogP contribution in [0.3, 0.4) is 0 Å². The van der Waals surface area contributed by atoms with E-state index in [1.165, 1.54) is 32.8 Å². The Labute approximate surface area is 127 Å². The number of hydrogen-bond donors (Lipinski definition) is 0. The number of benzene rings is 1. The van der Waals surface area contributed by atoms with Crippen molar-refractivity contribution in [3.8, 4) is 0 Å². The van der Waals surface area contributed by atoms with Crippen LogP contribution in [0.2, 0.25) is 0 Å². The average molecular weight is 263 g/mol. The summed E-state index contributed by atoms with van der Waals surface area (Å²) < 4.78 is 12.5. The molecule has 1 aliphatic rings. The standard InChI is InChI=1S/C12H22B6O2/c1-11(2)12(3,4)20-18(19-11)10-8(16)6(14)5(13)7(15)9(10)17/h13-17H2,1-4H3. The van der Waals surface area contributed by atoms with Crippen LogP contribution < -0.4 is 32.8 Å². The zero-order chi connectivity index (χ0) is 15.5. The zero-order valence-corrected chi connectivity index (χ0v) is 14.4. The Morgan fingerprint density at radius 2 is 0.950 bits per heavy atom. The van der Waals surface area contributed by atoms with Crippen LogP contribution in [-0.4, -0.2) is 57.6 Å².